The summed E-state index contributed by atoms with van der Waals surface area (Å²) in [5.74, 6) is -1.23. The smallest absolute Gasteiger partial charge is 0.369 e. The van der Waals surface area contributed by atoms with E-state index in [2.05, 4.69) is 25.8 Å². The van der Waals surface area contributed by atoms with E-state index in [1.807, 2.05) is 19.1 Å². The summed E-state index contributed by atoms with van der Waals surface area (Å²) >= 11 is 0. The summed E-state index contributed by atoms with van der Waals surface area (Å²) in [6.07, 6.45) is 1.29. The number of anilines is 2. The number of imidazole rings is 1. The van der Waals surface area contributed by atoms with Crippen molar-refractivity contribution in [2.75, 3.05) is 17.3 Å². The zero-order valence-corrected chi connectivity index (χ0v) is 13.7. The maximum absolute atomic E-state index is 12.4. The molecule has 3 N–H and O–H groups in total. The highest BCUT2D eigenvalue weighted by molar-refractivity contribution is 6.43. The van der Waals surface area contributed by atoms with Crippen molar-refractivity contribution in [1.29, 1.82) is 5.26 Å². The van der Waals surface area contributed by atoms with E-state index in [0.717, 1.165) is 5.56 Å². The zero-order chi connectivity index (χ0) is 18.2. The summed E-state index contributed by atoms with van der Waals surface area (Å²) in [6, 6.07) is 8.92. The number of nitrogens with zero attached hydrogens (tertiary/aromatic N) is 3. The van der Waals surface area contributed by atoms with Crippen LogP contribution >= 0.6 is 0 Å². The lowest BCUT2D eigenvalue weighted by atomic mass is 10.2. The molecular weight excluding hydrogens is 324 g/mol. The van der Waals surface area contributed by atoms with Crippen molar-refractivity contribution in [2.45, 2.75) is 13.8 Å². The first-order valence-electron chi connectivity index (χ1n) is 7.38. The van der Waals surface area contributed by atoms with Gasteiger partial charge in [-0.15, -0.1) is 0 Å². The van der Waals surface area contributed by atoms with Crippen molar-refractivity contribution in [3.05, 3.63) is 41.9 Å². The van der Waals surface area contributed by atoms with Crippen LogP contribution in [0, 0.1) is 18.3 Å². The number of nitriles is 1. The number of aryl methyl sites for hydroxylation is 1. The minimum absolute atomic E-state index is 0.0723. The van der Waals surface area contributed by atoms with Crippen molar-refractivity contribution in [3.8, 4) is 6.07 Å². The molecule has 25 heavy (non-hydrogen) atoms. The molecule has 2 rings (SSSR count). The molecule has 1 aromatic carbocycles. The Morgan fingerprint density at radius 3 is 2.84 bits per heavy atom. The monoisotopic (exact) mass is 340 g/mol. The molecule has 0 bridgehead atoms. The molecule has 2 aromatic rings. The zero-order valence-electron chi connectivity index (χ0n) is 13.7. The number of benzene rings is 1. The second-order valence-corrected chi connectivity index (χ2v) is 4.80. The van der Waals surface area contributed by atoms with Gasteiger partial charge in [-0.05, 0) is 25.5 Å². The van der Waals surface area contributed by atoms with Crippen molar-refractivity contribution in [2.24, 2.45) is 5.10 Å². The predicted molar refractivity (Wildman–Crippen MR) is 91.0 cm³/mol. The number of para-hydroxylation sites is 1. The number of H-pyrrole nitrogens is 1. The van der Waals surface area contributed by atoms with Crippen molar-refractivity contribution < 1.29 is 14.3 Å². The van der Waals surface area contributed by atoms with Crippen LogP contribution in [0.5, 0.6) is 0 Å². The van der Waals surface area contributed by atoms with Crippen LogP contribution in [-0.2, 0) is 9.53 Å². The normalized spacial score (nSPS) is 10.7. The first kappa shape index (κ1) is 17.7. The number of aromatic amines is 1. The minimum Gasteiger partial charge on any atom is -0.461 e. The number of hydrogen-bond acceptors (Lipinski definition) is 7. The van der Waals surface area contributed by atoms with Crippen molar-refractivity contribution >= 4 is 29.1 Å². The number of hydrogen-bond donors (Lipinski definition) is 3. The lowest BCUT2D eigenvalue weighted by Gasteiger charge is -2.08. The highest BCUT2D eigenvalue weighted by Crippen LogP contribution is 2.16. The third-order valence-corrected chi connectivity index (χ3v) is 3.11. The van der Waals surface area contributed by atoms with E-state index in [0.29, 0.717) is 5.69 Å². The number of carbonyl (C=O) groups is 2. The van der Waals surface area contributed by atoms with E-state index < -0.39 is 17.6 Å². The Kier molecular flexibility index (Phi) is 5.84. The van der Waals surface area contributed by atoms with Crippen LogP contribution in [0.3, 0.4) is 0 Å². The van der Waals surface area contributed by atoms with E-state index in [4.69, 9.17) is 10.00 Å². The Labute approximate surface area is 143 Å². The fourth-order valence-corrected chi connectivity index (χ4v) is 1.87. The number of hydrazone groups is 1. The average Bonchev–Trinajstić information content (AvgIpc) is 3.06. The molecule has 0 aliphatic rings. The first-order chi connectivity index (χ1) is 12.1. The highest BCUT2D eigenvalue weighted by atomic mass is 16.5. The Bertz CT molecular complexity index is 850. The molecule has 128 valence electrons. The second-order valence-electron chi connectivity index (χ2n) is 4.80. The third kappa shape index (κ3) is 4.42. The maximum Gasteiger partial charge on any atom is 0.369 e. The van der Waals surface area contributed by atoms with E-state index in [9.17, 15) is 9.59 Å². The minimum atomic E-state index is -0.862. The summed E-state index contributed by atoms with van der Waals surface area (Å²) in [7, 11) is 0. The van der Waals surface area contributed by atoms with Gasteiger partial charge in [0.1, 0.15) is 6.07 Å². The van der Waals surface area contributed by atoms with Crippen molar-refractivity contribution in [1.82, 2.24) is 9.97 Å². The van der Waals surface area contributed by atoms with Crippen LogP contribution in [0.15, 0.2) is 35.7 Å². The van der Waals surface area contributed by atoms with Gasteiger partial charge in [0.15, 0.2) is 11.5 Å². The van der Waals surface area contributed by atoms with Crippen LogP contribution in [0.4, 0.5) is 11.5 Å². The van der Waals surface area contributed by atoms with Gasteiger partial charge in [-0.1, -0.05) is 18.2 Å². The summed E-state index contributed by atoms with van der Waals surface area (Å²) < 4.78 is 4.69. The van der Waals surface area contributed by atoms with Gasteiger partial charge < -0.3 is 15.0 Å². The Hall–Kier alpha value is -3.67. The predicted octanol–water partition coefficient (Wildman–Crippen LogP) is 1.82. The quantitative estimate of drug-likeness (QED) is 0.417. The summed E-state index contributed by atoms with van der Waals surface area (Å²) in [5, 5.41) is 15.3. The molecule has 0 saturated heterocycles. The lowest BCUT2D eigenvalue weighted by Crippen LogP contribution is -2.18. The van der Waals surface area contributed by atoms with Gasteiger partial charge in [0.25, 0.3) is 5.91 Å². The van der Waals surface area contributed by atoms with Crippen LogP contribution < -0.4 is 10.7 Å². The van der Waals surface area contributed by atoms with Gasteiger partial charge in [-0.3, -0.25) is 10.2 Å². The molecule has 9 heteroatoms. The molecule has 1 heterocycles. The fraction of sp³-hybridized carbons (Fsp3) is 0.188. The van der Waals surface area contributed by atoms with Gasteiger partial charge >= 0.3 is 5.97 Å². The van der Waals surface area contributed by atoms with E-state index in [1.54, 1.807) is 25.1 Å². The number of carbonyl (C=O) groups excluding carboxylic acids is 2. The van der Waals surface area contributed by atoms with Gasteiger partial charge in [-0.25, -0.2) is 9.78 Å². The molecule has 0 atom stereocenters. The fourth-order valence-electron chi connectivity index (χ4n) is 1.87. The third-order valence-electron chi connectivity index (χ3n) is 3.11. The van der Waals surface area contributed by atoms with Crippen LogP contribution in [0.2, 0.25) is 0 Å². The number of nitrogens with one attached hydrogen (secondary N) is 3. The molecule has 0 saturated carbocycles. The van der Waals surface area contributed by atoms with E-state index in [-0.39, 0.29) is 18.1 Å². The molecule has 1 amide bonds. The Morgan fingerprint density at radius 1 is 1.40 bits per heavy atom. The Morgan fingerprint density at radius 2 is 2.16 bits per heavy atom. The molecular formula is C16H16N6O3. The van der Waals surface area contributed by atoms with Gasteiger partial charge in [-0.2, -0.15) is 10.4 Å². The number of rotatable bonds is 6. The van der Waals surface area contributed by atoms with Crippen molar-refractivity contribution in [3.63, 3.8) is 0 Å². The largest absolute Gasteiger partial charge is 0.461 e. The number of esters is 1. The topological polar surface area (TPSA) is 132 Å². The maximum atomic E-state index is 12.4. The summed E-state index contributed by atoms with van der Waals surface area (Å²) in [5.41, 5.74) is 3.61. The lowest BCUT2D eigenvalue weighted by molar-refractivity contribution is -0.134. The number of aromatic nitrogens is 2. The number of ether oxygens (including phenoxy) is 1. The van der Waals surface area contributed by atoms with Gasteiger partial charge in [0, 0.05) is 5.69 Å². The SMILES string of the molecule is CCOC(=O)C(C#N)=NNc1nc[nH]c1C(=O)Nc1ccccc1C. The Balaban J connectivity index is 2.14. The van der Waals surface area contributed by atoms with Gasteiger partial charge in [0.05, 0.1) is 12.9 Å². The first-order valence-corrected chi connectivity index (χ1v) is 7.38. The standard InChI is InChI=1S/C16H16N6O3/c1-3-25-16(24)12(8-17)21-22-14-13(18-9-19-14)15(23)20-11-7-5-4-6-10(11)2/h4-7,9,22H,3H2,1-2H3,(H,18,19)(H,20,23). The molecule has 0 radical (unpaired) electrons. The summed E-state index contributed by atoms with van der Waals surface area (Å²) in [4.78, 5) is 30.5. The number of amides is 1. The second kappa shape index (κ2) is 8.26. The molecule has 9 nitrogen and oxygen atoms in total. The van der Waals surface area contributed by atoms with Crippen LogP contribution in [-0.4, -0.2) is 34.2 Å². The van der Waals surface area contributed by atoms with Crippen LogP contribution in [0.1, 0.15) is 23.0 Å². The summed E-state index contributed by atoms with van der Waals surface area (Å²) in [6.45, 7) is 3.60. The highest BCUT2D eigenvalue weighted by Gasteiger charge is 2.17. The average molecular weight is 340 g/mol. The molecule has 0 aliphatic heterocycles. The van der Waals surface area contributed by atoms with E-state index >= 15 is 0 Å². The molecule has 0 unspecified atom stereocenters. The van der Waals surface area contributed by atoms with Gasteiger partial charge in [0.2, 0.25) is 5.71 Å². The molecule has 0 fully saturated rings. The van der Waals surface area contributed by atoms with Crippen LogP contribution in [0.25, 0.3) is 0 Å². The molecule has 0 aliphatic carbocycles. The molecule has 0 spiro atoms. The molecule has 1 aromatic heterocycles. The van der Waals surface area contributed by atoms with E-state index in [1.165, 1.54) is 6.33 Å².